The minimum absolute atomic E-state index is 0. The molecule has 146 valence electrons. The first-order chi connectivity index (χ1) is 11.5. The number of halogens is 1. The van der Waals surface area contributed by atoms with Crippen LogP contribution in [-0.4, -0.2) is 74.3 Å². The van der Waals surface area contributed by atoms with E-state index in [-0.39, 0.29) is 29.4 Å². The van der Waals surface area contributed by atoms with E-state index in [2.05, 4.69) is 47.9 Å². The summed E-state index contributed by atoms with van der Waals surface area (Å²) in [4.78, 5) is 9.50. The van der Waals surface area contributed by atoms with Crippen LogP contribution < -0.4 is 5.32 Å². The van der Waals surface area contributed by atoms with Crippen LogP contribution >= 0.6 is 24.0 Å². The standard InChI is InChI=1S/C19H36N4O.HI/c1-6-23-11-7-9-14(23)13-22(5)18(20-4)21-16-15-10-8-12-24-17(15)19(16,2)3;/h14-17H,6-13H2,1-5H3,(H,20,21);1H. The molecule has 6 heteroatoms. The molecule has 0 bridgehead atoms. The van der Waals surface area contributed by atoms with Crippen LogP contribution in [0.5, 0.6) is 0 Å². The number of hydrogen-bond donors (Lipinski definition) is 1. The predicted octanol–water partition coefficient (Wildman–Crippen LogP) is 2.80. The zero-order chi connectivity index (χ0) is 17.3. The van der Waals surface area contributed by atoms with Crippen molar-refractivity contribution in [3.63, 3.8) is 0 Å². The first-order valence-corrected chi connectivity index (χ1v) is 9.79. The van der Waals surface area contributed by atoms with Crippen molar-refractivity contribution in [1.82, 2.24) is 15.1 Å². The molecular formula is C19H37IN4O. The molecule has 2 heterocycles. The van der Waals surface area contributed by atoms with Gasteiger partial charge in [-0.25, -0.2) is 0 Å². The Morgan fingerprint density at radius 2 is 2.08 bits per heavy atom. The van der Waals surface area contributed by atoms with Gasteiger partial charge in [-0.2, -0.15) is 0 Å². The summed E-state index contributed by atoms with van der Waals surface area (Å²) in [6.45, 7) is 11.3. The lowest BCUT2D eigenvalue weighted by molar-refractivity contribution is -0.188. The molecule has 1 aliphatic carbocycles. The second-order valence-electron chi connectivity index (χ2n) is 8.39. The maximum absolute atomic E-state index is 6.03. The molecule has 2 saturated heterocycles. The van der Waals surface area contributed by atoms with Gasteiger partial charge in [0.15, 0.2) is 5.96 Å². The summed E-state index contributed by atoms with van der Waals surface area (Å²) in [5, 5.41) is 3.78. The Bertz CT molecular complexity index is 470. The van der Waals surface area contributed by atoms with E-state index in [9.17, 15) is 0 Å². The molecule has 1 N–H and O–H groups in total. The molecule has 3 rings (SSSR count). The number of nitrogens with one attached hydrogen (secondary N) is 1. The van der Waals surface area contributed by atoms with Crippen molar-refractivity contribution in [2.24, 2.45) is 16.3 Å². The highest BCUT2D eigenvalue weighted by Gasteiger charge is 2.58. The molecule has 0 spiro atoms. The van der Waals surface area contributed by atoms with E-state index in [0.717, 1.165) is 25.7 Å². The lowest BCUT2D eigenvalue weighted by Crippen LogP contribution is -2.71. The average Bonchev–Trinajstić information content (AvgIpc) is 3.02. The molecule has 0 aromatic carbocycles. The van der Waals surface area contributed by atoms with Crippen molar-refractivity contribution in [1.29, 1.82) is 0 Å². The Kier molecular flexibility index (Phi) is 7.42. The first-order valence-electron chi connectivity index (χ1n) is 9.79. The van der Waals surface area contributed by atoms with Gasteiger partial charge in [0, 0.05) is 50.7 Å². The molecule has 0 amide bonds. The van der Waals surface area contributed by atoms with Crippen molar-refractivity contribution >= 4 is 29.9 Å². The van der Waals surface area contributed by atoms with E-state index in [4.69, 9.17) is 4.74 Å². The number of nitrogens with zero attached hydrogens (tertiary/aromatic N) is 3. The number of aliphatic imine (C=N–C) groups is 1. The second kappa shape index (κ2) is 8.74. The first kappa shape index (κ1) is 21.2. The highest BCUT2D eigenvalue weighted by molar-refractivity contribution is 14.0. The quantitative estimate of drug-likeness (QED) is 0.395. The van der Waals surface area contributed by atoms with Gasteiger partial charge >= 0.3 is 0 Å². The molecule has 3 fully saturated rings. The van der Waals surface area contributed by atoms with E-state index in [1.54, 1.807) is 0 Å². The molecule has 3 aliphatic rings. The normalized spacial score (nSPS) is 34.7. The number of hydrogen-bond acceptors (Lipinski definition) is 3. The van der Waals surface area contributed by atoms with Gasteiger partial charge in [0.05, 0.1) is 6.10 Å². The number of guanidine groups is 1. The van der Waals surface area contributed by atoms with Crippen molar-refractivity contribution in [3.8, 4) is 0 Å². The van der Waals surface area contributed by atoms with Crippen LogP contribution in [0.3, 0.4) is 0 Å². The molecule has 2 aliphatic heterocycles. The van der Waals surface area contributed by atoms with Crippen LogP contribution in [0, 0.1) is 11.3 Å². The van der Waals surface area contributed by atoms with Crippen LogP contribution in [0.1, 0.15) is 46.5 Å². The van der Waals surface area contributed by atoms with E-state index in [0.29, 0.717) is 24.1 Å². The predicted molar refractivity (Wildman–Crippen MR) is 115 cm³/mol. The van der Waals surface area contributed by atoms with E-state index in [1.165, 1.54) is 32.2 Å². The van der Waals surface area contributed by atoms with Gasteiger partial charge in [-0.3, -0.25) is 9.89 Å². The number of ether oxygens (including phenoxy) is 1. The van der Waals surface area contributed by atoms with Crippen LogP contribution in [-0.2, 0) is 4.74 Å². The van der Waals surface area contributed by atoms with Crippen LogP contribution in [0.15, 0.2) is 4.99 Å². The van der Waals surface area contributed by atoms with Gasteiger partial charge < -0.3 is 15.0 Å². The average molecular weight is 464 g/mol. The fourth-order valence-electron chi connectivity index (χ4n) is 5.22. The van der Waals surface area contributed by atoms with Gasteiger partial charge in [-0.1, -0.05) is 20.8 Å². The topological polar surface area (TPSA) is 40.1 Å². The fourth-order valence-corrected chi connectivity index (χ4v) is 5.22. The van der Waals surface area contributed by atoms with Crippen molar-refractivity contribution in [3.05, 3.63) is 0 Å². The maximum Gasteiger partial charge on any atom is 0.193 e. The Labute approximate surface area is 171 Å². The number of fused-ring (bicyclic) bond motifs is 1. The van der Waals surface area contributed by atoms with Crippen molar-refractivity contribution in [2.45, 2.75) is 64.6 Å². The summed E-state index contributed by atoms with van der Waals surface area (Å²) in [6, 6.07) is 1.13. The number of likely N-dealkylation sites (N-methyl/N-ethyl adjacent to an activating group) is 2. The second-order valence-corrected chi connectivity index (χ2v) is 8.39. The Balaban J connectivity index is 0.00000225. The molecule has 4 unspecified atom stereocenters. The Morgan fingerprint density at radius 1 is 1.32 bits per heavy atom. The molecule has 25 heavy (non-hydrogen) atoms. The third-order valence-electron chi connectivity index (χ3n) is 6.58. The van der Waals surface area contributed by atoms with E-state index in [1.807, 2.05) is 7.05 Å². The number of likely N-dealkylation sites (tertiary alicyclic amines) is 1. The summed E-state index contributed by atoms with van der Waals surface area (Å²) >= 11 is 0. The minimum Gasteiger partial charge on any atom is -0.377 e. The van der Waals surface area contributed by atoms with Gasteiger partial charge in [0.1, 0.15) is 0 Å². The molecule has 4 atom stereocenters. The fraction of sp³-hybridized carbons (Fsp3) is 0.947. The maximum atomic E-state index is 6.03. The highest BCUT2D eigenvalue weighted by Crippen LogP contribution is 2.51. The largest absolute Gasteiger partial charge is 0.377 e. The van der Waals surface area contributed by atoms with E-state index < -0.39 is 0 Å². The highest BCUT2D eigenvalue weighted by atomic mass is 127. The van der Waals surface area contributed by atoms with E-state index >= 15 is 0 Å². The molecule has 1 saturated carbocycles. The summed E-state index contributed by atoms with van der Waals surface area (Å²) < 4.78 is 6.03. The molecule has 0 radical (unpaired) electrons. The third kappa shape index (κ3) is 4.10. The molecule has 0 aromatic heterocycles. The van der Waals surface area contributed by atoms with Gasteiger partial charge in [0.25, 0.3) is 0 Å². The molecule has 5 nitrogen and oxygen atoms in total. The van der Waals surface area contributed by atoms with Crippen LogP contribution in [0.2, 0.25) is 0 Å². The number of rotatable bonds is 4. The third-order valence-corrected chi connectivity index (χ3v) is 6.58. The summed E-state index contributed by atoms with van der Waals surface area (Å²) in [7, 11) is 4.09. The summed E-state index contributed by atoms with van der Waals surface area (Å²) in [5.74, 6) is 1.68. The Morgan fingerprint density at radius 3 is 2.76 bits per heavy atom. The smallest absolute Gasteiger partial charge is 0.193 e. The zero-order valence-electron chi connectivity index (χ0n) is 16.6. The lowest BCUT2D eigenvalue weighted by atomic mass is 9.55. The van der Waals surface area contributed by atoms with Gasteiger partial charge in [-0.05, 0) is 38.8 Å². The van der Waals surface area contributed by atoms with Crippen molar-refractivity contribution in [2.75, 3.05) is 40.3 Å². The monoisotopic (exact) mass is 464 g/mol. The summed E-state index contributed by atoms with van der Waals surface area (Å²) in [6.07, 6.45) is 5.52. The van der Waals surface area contributed by atoms with Gasteiger partial charge in [0.2, 0.25) is 0 Å². The van der Waals surface area contributed by atoms with Crippen molar-refractivity contribution < 1.29 is 4.74 Å². The zero-order valence-corrected chi connectivity index (χ0v) is 19.0. The Hall–Kier alpha value is -0.0800. The SMILES string of the molecule is CCN1CCCC1CN(C)C(=NC)NC1C2CCCOC2C1(C)C.I. The summed E-state index contributed by atoms with van der Waals surface area (Å²) in [5.41, 5.74) is 0.185. The van der Waals surface area contributed by atoms with Crippen LogP contribution in [0.4, 0.5) is 0 Å². The van der Waals surface area contributed by atoms with Crippen LogP contribution in [0.25, 0.3) is 0 Å². The lowest BCUT2D eigenvalue weighted by Gasteiger charge is -2.60. The minimum atomic E-state index is 0. The van der Waals surface area contributed by atoms with Gasteiger partial charge in [-0.15, -0.1) is 24.0 Å². The molecule has 0 aromatic rings. The molecular weight excluding hydrogens is 427 g/mol.